The van der Waals surface area contributed by atoms with Crippen LogP contribution in [0.5, 0.6) is 5.75 Å². The van der Waals surface area contributed by atoms with Crippen LogP contribution in [0.25, 0.3) is 5.69 Å². The lowest BCUT2D eigenvalue weighted by molar-refractivity contribution is 0.414. The van der Waals surface area contributed by atoms with Gasteiger partial charge in [-0.05, 0) is 31.4 Å². The van der Waals surface area contributed by atoms with E-state index in [1.165, 1.54) is 5.69 Å². The number of nitrogens with zero attached hydrogens (tertiary/aromatic N) is 2. The standard InChI is InChI=1S/C13H14ClN3O/c1-18-8-5-6-10(14)12(7-8)17-11-4-2-3-9(11)13(15)16-17/h5-7H,2-4H2,1H3,(H2,15,16). The van der Waals surface area contributed by atoms with E-state index in [1.54, 1.807) is 7.11 Å². The van der Waals surface area contributed by atoms with Gasteiger partial charge in [-0.3, -0.25) is 0 Å². The molecule has 3 rings (SSSR count). The second-order valence-corrected chi connectivity index (χ2v) is 4.80. The van der Waals surface area contributed by atoms with E-state index in [1.807, 2.05) is 22.9 Å². The maximum Gasteiger partial charge on any atom is 0.149 e. The molecule has 0 bridgehead atoms. The predicted octanol–water partition coefficient (Wildman–Crippen LogP) is 2.61. The molecule has 0 atom stereocenters. The number of nitrogen functional groups attached to an aromatic ring is 1. The SMILES string of the molecule is COc1ccc(Cl)c(-n2nc(N)c3c2CCC3)c1. The molecule has 0 radical (unpaired) electrons. The minimum atomic E-state index is 0.612. The molecule has 18 heavy (non-hydrogen) atoms. The fourth-order valence-electron chi connectivity index (χ4n) is 2.45. The molecule has 1 aliphatic rings. The normalized spacial score (nSPS) is 13.7. The fourth-order valence-corrected chi connectivity index (χ4v) is 2.64. The third kappa shape index (κ3) is 1.64. The summed E-state index contributed by atoms with van der Waals surface area (Å²) in [5.74, 6) is 1.37. The second-order valence-electron chi connectivity index (χ2n) is 4.39. The molecule has 5 heteroatoms. The van der Waals surface area contributed by atoms with Crippen molar-refractivity contribution in [3.63, 3.8) is 0 Å². The van der Waals surface area contributed by atoms with E-state index >= 15 is 0 Å². The van der Waals surface area contributed by atoms with Crippen molar-refractivity contribution in [2.45, 2.75) is 19.3 Å². The van der Waals surface area contributed by atoms with Crippen molar-refractivity contribution in [2.75, 3.05) is 12.8 Å². The number of anilines is 1. The quantitative estimate of drug-likeness (QED) is 0.906. The van der Waals surface area contributed by atoms with Gasteiger partial charge in [-0.2, -0.15) is 5.10 Å². The Hall–Kier alpha value is -1.68. The van der Waals surface area contributed by atoms with E-state index in [9.17, 15) is 0 Å². The van der Waals surface area contributed by atoms with Gasteiger partial charge in [-0.25, -0.2) is 4.68 Å². The highest BCUT2D eigenvalue weighted by atomic mass is 35.5. The van der Waals surface area contributed by atoms with Crippen molar-refractivity contribution in [1.29, 1.82) is 0 Å². The lowest BCUT2D eigenvalue weighted by atomic mass is 10.2. The first kappa shape index (κ1) is 11.4. The summed E-state index contributed by atoms with van der Waals surface area (Å²) in [5.41, 5.74) is 9.10. The molecule has 1 aromatic heterocycles. The van der Waals surface area contributed by atoms with Crippen LogP contribution in [0, 0.1) is 0 Å². The molecule has 4 nitrogen and oxygen atoms in total. The van der Waals surface area contributed by atoms with Crippen LogP contribution in [-0.2, 0) is 12.8 Å². The van der Waals surface area contributed by atoms with E-state index < -0.39 is 0 Å². The number of ether oxygens (including phenoxy) is 1. The Morgan fingerprint density at radius 1 is 1.39 bits per heavy atom. The lowest BCUT2D eigenvalue weighted by Gasteiger charge is -2.09. The minimum Gasteiger partial charge on any atom is -0.497 e. The van der Waals surface area contributed by atoms with Gasteiger partial charge in [0.1, 0.15) is 11.6 Å². The van der Waals surface area contributed by atoms with E-state index in [4.69, 9.17) is 22.1 Å². The van der Waals surface area contributed by atoms with E-state index in [-0.39, 0.29) is 0 Å². The molecule has 2 aromatic rings. The van der Waals surface area contributed by atoms with Crippen LogP contribution < -0.4 is 10.5 Å². The molecular weight excluding hydrogens is 250 g/mol. The molecule has 0 saturated heterocycles. The van der Waals surface area contributed by atoms with Crippen LogP contribution in [0.4, 0.5) is 5.82 Å². The van der Waals surface area contributed by atoms with Gasteiger partial charge < -0.3 is 10.5 Å². The lowest BCUT2D eigenvalue weighted by Crippen LogP contribution is -2.03. The van der Waals surface area contributed by atoms with Gasteiger partial charge >= 0.3 is 0 Å². The summed E-state index contributed by atoms with van der Waals surface area (Å²) in [6.07, 6.45) is 3.12. The molecule has 1 aromatic carbocycles. The van der Waals surface area contributed by atoms with Crippen molar-refractivity contribution < 1.29 is 4.74 Å². The highest BCUT2D eigenvalue weighted by Gasteiger charge is 2.22. The highest BCUT2D eigenvalue weighted by molar-refractivity contribution is 6.32. The third-order valence-corrected chi connectivity index (χ3v) is 3.66. The Labute approximate surface area is 110 Å². The Kier molecular flexibility index (Phi) is 2.67. The molecule has 0 fully saturated rings. The average Bonchev–Trinajstić information content (AvgIpc) is 2.95. The molecule has 0 amide bonds. The summed E-state index contributed by atoms with van der Waals surface area (Å²) in [6, 6.07) is 5.53. The van der Waals surface area contributed by atoms with Crippen LogP contribution in [0.15, 0.2) is 18.2 Å². The molecule has 0 aliphatic heterocycles. The molecular formula is C13H14ClN3O. The second kappa shape index (κ2) is 4.21. The van der Waals surface area contributed by atoms with Crippen molar-refractivity contribution in [1.82, 2.24) is 9.78 Å². The van der Waals surface area contributed by atoms with Crippen molar-refractivity contribution in [2.24, 2.45) is 0 Å². The molecule has 94 valence electrons. The van der Waals surface area contributed by atoms with Gasteiger partial charge in [-0.1, -0.05) is 11.6 Å². The summed E-state index contributed by atoms with van der Waals surface area (Å²) in [4.78, 5) is 0. The molecule has 0 saturated carbocycles. The molecule has 2 N–H and O–H groups in total. The number of nitrogens with two attached hydrogens (primary N) is 1. The Morgan fingerprint density at radius 2 is 2.22 bits per heavy atom. The molecule has 1 aliphatic carbocycles. The molecule has 1 heterocycles. The monoisotopic (exact) mass is 263 g/mol. The smallest absolute Gasteiger partial charge is 0.149 e. The number of benzene rings is 1. The van der Waals surface area contributed by atoms with Crippen LogP contribution in [0.2, 0.25) is 5.02 Å². The van der Waals surface area contributed by atoms with Gasteiger partial charge in [0.2, 0.25) is 0 Å². The first-order valence-corrected chi connectivity index (χ1v) is 6.28. The minimum absolute atomic E-state index is 0.612. The third-order valence-electron chi connectivity index (χ3n) is 3.34. The number of aromatic nitrogens is 2. The van der Waals surface area contributed by atoms with Crippen LogP contribution in [-0.4, -0.2) is 16.9 Å². The van der Waals surface area contributed by atoms with Crippen LogP contribution in [0.3, 0.4) is 0 Å². The Balaban J connectivity index is 2.18. The summed E-state index contributed by atoms with van der Waals surface area (Å²) >= 11 is 6.24. The van der Waals surface area contributed by atoms with Crippen LogP contribution in [0.1, 0.15) is 17.7 Å². The first-order chi connectivity index (χ1) is 8.70. The zero-order valence-corrected chi connectivity index (χ0v) is 10.9. The topological polar surface area (TPSA) is 53.1 Å². The van der Waals surface area contributed by atoms with Crippen LogP contribution >= 0.6 is 11.6 Å². The summed E-state index contributed by atoms with van der Waals surface area (Å²) in [7, 11) is 1.63. The van der Waals surface area contributed by atoms with Gasteiger partial charge in [-0.15, -0.1) is 0 Å². The van der Waals surface area contributed by atoms with E-state index in [0.717, 1.165) is 36.3 Å². The number of fused-ring (bicyclic) bond motifs is 1. The number of hydrogen-bond donors (Lipinski definition) is 1. The highest BCUT2D eigenvalue weighted by Crippen LogP contribution is 2.32. The Morgan fingerprint density at radius 3 is 3.00 bits per heavy atom. The van der Waals surface area contributed by atoms with Crippen molar-refractivity contribution >= 4 is 17.4 Å². The Bertz CT molecular complexity index is 607. The summed E-state index contributed by atoms with van der Waals surface area (Å²) < 4.78 is 7.08. The number of methoxy groups -OCH3 is 1. The predicted molar refractivity (Wildman–Crippen MR) is 71.6 cm³/mol. The maximum atomic E-state index is 6.24. The zero-order valence-electron chi connectivity index (χ0n) is 10.1. The number of hydrogen-bond acceptors (Lipinski definition) is 3. The van der Waals surface area contributed by atoms with Crippen molar-refractivity contribution in [3.05, 3.63) is 34.5 Å². The summed E-state index contributed by atoms with van der Waals surface area (Å²) in [5, 5.41) is 5.04. The van der Waals surface area contributed by atoms with Gasteiger partial charge in [0.05, 0.1) is 17.8 Å². The average molecular weight is 264 g/mol. The maximum absolute atomic E-state index is 6.24. The number of rotatable bonds is 2. The van der Waals surface area contributed by atoms with Gasteiger partial charge in [0.15, 0.2) is 0 Å². The van der Waals surface area contributed by atoms with Gasteiger partial charge in [0, 0.05) is 17.3 Å². The summed E-state index contributed by atoms with van der Waals surface area (Å²) in [6.45, 7) is 0. The van der Waals surface area contributed by atoms with Gasteiger partial charge in [0.25, 0.3) is 0 Å². The first-order valence-electron chi connectivity index (χ1n) is 5.91. The van der Waals surface area contributed by atoms with E-state index in [0.29, 0.717) is 10.8 Å². The largest absolute Gasteiger partial charge is 0.497 e. The fraction of sp³-hybridized carbons (Fsp3) is 0.308. The van der Waals surface area contributed by atoms with Crippen molar-refractivity contribution in [3.8, 4) is 11.4 Å². The molecule has 0 spiro atoms. The zero-order chi connectivity index (χ0) is 12.7. The molecule has 0 unspecified atom stereocenters. The number of halogens is 1. The van der Waals surface area contributed by atoms with E-state index in [2.05, 4.69) is 5.10 Å².